The van der Waals surface area contributed by atoms with E-state index in [1.54, 1.807) is 0 Å². The second-order valence-corrected chi connectivity index (χ2v) is 6.30. The van der Waals surface area contributed by atoms with Crippen LogP contribution < -0.4 is 0 Å². The third kappa shape index (κ3) is 7.09. The van der Waals surface area contributed by atoms with E-state index in [4.69, 9.17) is 15.3 Å². The van der Waals surface area contributed by atoms with Crippen LogP contribution in [0.3, 0.4) is 0 Å². The van der Waals surface area contributed by atoms with Gasteiger partial charge in [0.25, 0.3) is 0 Å². The smallest absolute Gasteiger partial charge is 0.378 e. The van der Waals surface area contributed by atoms with E-state index in [2.05, 4.69) is 15.3 Å². The third-order valence-electron chi connectivity index (χ3n) is 2.75. The van der Waals surface area contributed by atoms with Crippen molar-refractivity contribution >= 4 is 9.24 Å². The van der Waals surface area contributed by atoms with Gasteiger partial charge in [-0.15, -0.1) is 9.24 Å². The number of likely N-dealkylation sites (tertiary alicyclic amines) is 1. The Morgan fingerprint density at radius 1 is 1.19 bits per heavy atom. The lowest BCUT2D eigenvalue weighted by molar-refractivity contribution is -0.154. The van der Waals surface area contributed by atoms with Crippen LogP contribution in [-0.2, 0) is 4.74 Å². The van der Waals surface area contributed by atoms with Crippen molar-refractivity contribution in [3.05, 3.63) is 0 Å². The number of hydrogen-bond donors (Lipinski definition) is 0. The fourth-order valence-electron chi connectivity index (χ4n) is 1.66. The normalized spacial score (nSPS) is 21.8. The van der Waals surface area contributed by atoms with Crippen LogP contribution in [0.1, 0.15) is 20.8 Å². The van der Waals surface area contributed by atoms with Crippen molar-refractivity contribution in [1.29, 1.82) is 10.5 Å². The van der Waals surface area contributed by atoms with Gasteiger partial charge >= 0.3 is 6.18 Å². The van der Waals surface area contributed by atoms with E-state index in [0.29, 0.717) is 13.2 Å². The van der Waals surface area contributed by atoms with Crippen molar-refractivity contribution in [2.45, 2.75) is 32.1 Å². The Morgan fingerprint density at radius 3 is 1.86 bits per heavy atom. The highest BCUT2D eigenvalue weighted by atomic mass is 31.0. The topological polar surface area (TPSA) is 60.0 Å². The third-order valence-corrected chi connectivity index (χ3v) is 3.24. The molecule has 8 heteroatoms. The molecule has 120 valence electrons. The van der Waals surface area contributed by atoms with Crippen LogP contribution in [0.15, 0.2) is 0 Å². The minimum Gasteiger partial charge on any atom is -0.378 e. The fraction of sp³-hybridized carbons (Fsp3) is 0.846. The quantitative estimate of drug-likeness (QED) is 0.696. The monoisotopic (exact) mass is 323 g/mol. The van der Waals surface area contributed by atoms with E-state index < -0.39 is 17.9 Å². The first kappa shape index (κ1) is 20.1. The molecular formula is C13H21F3N3OP. The molecule has 0 aromatic rings. The van der Waals surface area contributed by atoms with Crippen molar-refractivity contribution < 1.29 is 17.9 Å². The lowest BCUT2D eigenvalue weighted by Gasteiger charge is -2.43. The van der Waals surface area contributed by atoms with Gasteiger partial charge in [0.05, 0.1) is 37.1 Å². The first-order valence-electron chi connectivity index (χ1n) is 6.60. The Balaban J connectivity index is 0.000000377. The number of rotatable bonds is 1. The van der Waals surface area contributed by atoms with Gasteiger partial charge in [0.1, 0.15) is 5.41 Å². The summed E-state index contributed by atoms with van der Waals surface area (Å²) in [7, 11) is 2.28. The van der Waals surface area contributed by atoms with Gasteiger partial charge in [0.15, 0.2) is 0 Å². The average Bonchev–Trinajstić information content (AvgIpc) is 2.35. The summed E-state index contributed by atoms with van der Waals surface area (Å²) < 4.78 is 40.1. The van der Waals surface area contributed by atoms with Crippen LogP contribution in [0, 0.1) is 28.1 Å². The second kappa shape index (κ2) is 7.94. The Hall–Kier alpha value is -0.880. The predicted octanol–water partition coefficient (Wildman–Crippen LogP) is 2.57. The molecule has 1 unspecified atom stereocenters. The first-order chi connectivity index (χ1) is 9.61. The molecule has 0 radical (unpaired) electrons. The zero-order chi connectivity index (χ0) is 16.7. The minimum absolute atomic E-state index is 0.153. The molecule has 0 spiro atoms. The molecule has 2 aliphatic heterocycles. The molecule has 0 aliphatic carbocycles. The molecule has 0 bridgehead atoms. The fourth-order valence-corrected chi connectivity index (χ4v) is 2.18. The molecule has 0 aromatic carbocycles. The Labute approximate surface area is 126 Å². The maximum absolute atomic E-state index is 11.8. The molecule has 0 N–H and O–H groups in total. The zero-order valence-electron chi connectivity index (χ0n) is 12.5. The van der Waals surface area contributed by atoms with Gasteiger partial charge in [0.2, 0.25) is 0 Å². The van der Waals surface area contributed by atoms with Crippen molar-refractivity contribution in [2.24, 2.45) is 5.41 Å². The molecule has 2 fully saturated rings. The van der Waals surface area contributed by atoms with E-state index in [1.807, 2.05) is 26.8 Å². The van der Waals surface area contributed by atoms with Crippen LogP contribution in [-0.4, -0.2) is 49.1 Å². The molecule has 0 amide bonds. The summed E-state index contributed by atoms with van der Waals surface area (Å²) in [6, 6.07) is 4.10. The van der Waals surface area contributed by atoms with Crippen molar-refractivity contribution in [1.82, 2.24) is 4.90 Å². The highest BCUT2D eigenvalue weighted by molar-refractivity contribution is 7.19. The van der Waals surface area contributed by atoms with Crippen molar-refractivity contribution in [2.75, 3.05) is 32.8 Å². The van der Waals surface area contributed by atoms with Gasteiger partial charge in [-0.05, 0) is 6.92 Å². The minimum atomic E-state index is -4.15. The summed E-state index contributed by atoms with van der Waals surface area (Å²) in [6.07, 6.45) is -4.15. The Bertz CT molecular complexity index is 404. The number of nitriles is 2. The van der Waals surface area contributed by atoms with E-state index in [1.165, 1.54) is 4.90 Å². The number of halogens is 3. The van der Waals surface area contributed by atoms with Gasteiger partial charge in [0, 0.05) is 13.1 Å². The number of nitrogens with zero attached hydrogens (tertiary/aromatic N) is 3. The molecular weight excluding hydrogens is 302 g/mol. The molecule has 2 rings (SSSR count). The first-order valence-corrected chi connectivity index (χ1v) is 7.17. The van der Waals surface area contributed by atoms with E-state index in [0.717, 1.165) is 0 Å². The molecule has 4 nitrogen and oxygen atoms in total. The average molecular weight is 323 g/mol. The van der Waals surface area contributed by atoms with Gasteiger partial charge in [-0.1, -0.05) is 13.8 Å². The molecule has 2 heterocycles. The summed E-state index contributed by atoms with van der Waals surface area (Å²) in [4.78, 5) is 1.20. The summed E-state index contributed by atoms with van der Waals surface area (Å²) in [5, 5.41) is 16.2. The summed E-state index contributed by atoms with van der Waals surface area (Å²) in [5.74, 6) is 0. The maximum Gasteiger partial charge on any atom is 0.401 e. The summed E-state index contributed by atoms with van der Waals surface area (Å²) in [5.41, 5.74) is -0.153. The summed E-state index contributed by atoms with van der Waals surface area (Å²) >= 11 is 0. The van der Waals surface area contributed by atoms with Crippen molar-refractivity contribution in [3.8, 4) is 12.1 Å². The van der Waals surface area contributed by atoms with Crippen LogP contribution in [0.25, 0.3) is 0 Å². The molecule has 2 aliphatic rings. The van der Waals surface area contributed by atoms with Gasteiger partial charge in [-0.25, -0.2) is 0 Å². The van der Waals surface area contributed by atoms with Crippen molar-refractivity contribution in [3.63, 3.8) is 0 Å². The maximum atomic E-state index is 11.8. The predicted molar refractivity (Wildman–Crippen MR) is 76.4 cm³/mol. The highest BCUT2D eigenvalue weighted by Gasteiger charge is 2.44. The van der Waals surface area contributed by atoms with E-state index in [-0.39, 0.29) is 18.5 Å². The van der Waals surface area contributed by atoms with Gasteiger partial charge in [-0.2, -0.15) is 23.7 Å². The Kier molecular flexibility index (Phi) is 7.61. The number of ether oxygens (including phenoxy) is 1. The lowest BCUT2D eigenvalue weighted by atomic mass is 9.91. The highest BCUT2D eigenvalue weighted by Crippen LogP contribution is 2.31. The standard InChI is InChI=1S/C6H8F3N2P.C5H7NO.C2H6/c7-6(8,9)4-11-2-5(12,1-10)3-11;1-5(2-6)3-7-4-5;1-2/h2-4,12H2;3-4H2,1H3;1-2H3. The SMILES string of the molecule is CC.CC1(C#N)COC1.N#CC1(P)CN(CC(F)(F)F)C1. The molecule has 0 saturated carbocycles. The van der Waals surface area contributed by atoms with Gasteiger partial charge < -0.3 is 4.74 Å². The molecule has 1 atom stereocenters. The zero-order valence-corrected chi connectivity index (χ0v) is 13.7. The molecule has 0 aromatic heterocycles. The second-order valence-electron chi connectivity index (χ2n) is 5.19. The largest absolute Gasteiger partial charge is 0.401 e. The van der Waals surface area contributed by atoms with E-state index >= 15 is 0 Å². The molecule has 2 saturated heterocycles. The number of hydrogen-bond acceptors (Lipinski definition) is 4. The summed E-state index contributed by atoms with van der Waals surface area (Å²) in [6.45, 7) is 6.59. The van der Waals surface area contributed by atoms with Gasteiger partial charge in [-0.3, -0.25) is 4.90 Å². The van der Waals surface area contributed by atoms with E-state index in [9.17, 15) is 13.2 Å². The van der Waals surface area contributed by atoms with Crippen LogP contribution in [0.5, 0.6) is 0 Å². The van der Waals surface area contributed by atoms with Crippen LogP contribution >= 0.6 is 9.24 Å². The lowest BCUT2D eigenvalue weighted by Crippen LogP contribution is -2.59. The Morgan fingerprint density at radius 2 is 1.67 bits per heavy atom. The molecule has 21 heavy (non-hydrogen) atoms. The number of alkyl halides is 3. The van der Waals surface area contributed by atoms with Crippen LogP contribution in [0.2, 0.25) is 0 Å². The van der Waals surface area contributed by atoms with Crippen LogP contribution in [0.4, 0.5) is 13.2 Å².